The molecule has 0 radical (unpaired) electrons. The van der Waals surface area contributed by atoms with Gasteiger partial charge in [-0.1, -0.05) is 27.5 Å². The molecule has 0 atom stereocenters. The molecule has 0 saturated carbocycles. The average molecular weight is 381 g/mol. The van der Waals surface area contributed by atoms with Crippen LogP contribution in [-0.4, -0.2) is 43.8 Å². The van der Waals surface area contributed by atoms with Crippen molar-refractivity contribution in [3.05, 3.63) is 33.3 Å². The van der Waals surface area contributed by atoms with Crippen molar-refractivity contribution < 1.29 is 13.2 Å². The maximum atomic E-state index is 12.4. The van der Waals surface area contributed by atoms with E-state index in [2.05, 4.69) is 15.9 Å². The molecule has 1 aromatic rings. The molecule has 20 heavy (non-hydrogen) atoms. The summed E-state index contributed by atoms with van der Waals surface area (Å²) in [4.78, 5) is 14.1. The molecule has 0 aliphatic carbocycles. The molecule has 0 bridgehead atoms. The Morgan fingerprint density at radius 1 is 1.35 bits per heavy atom. The number of piperidine rings is 1. The first-order valence-corrected chi connectivity index (χ1v) is 9.35. The highest BCUT2D eigenvalue weighted by molar-refractivity contribution is 9.10. The Morgan fingerprint density at radius 3 is 2.50 bits per heavy atom. The fourth-order valence-corrected chi connectivity index (χ4v) is 3.95. The lowest BCUT2D eigenvalue weighted by atomic mass is 10.1. The van der Waals surface area contributed by atoms with Gasteiger partial charge in [-0.2, -0.15) is 0 Å². The number of benzene rings is 1. The number of sulfone groups is 1. The summed E-state index contributed by atoms with van der Waals surface area (Å²) in [6.07, 6.45) is 2.21. The molecule has 110 valence electrons. The van der Waals surface area contributed by atoms with E-state index in [9.17, 15) is 13.2 Å². The molecule has 4 nitrogen and oxygen atoms in total. The Bertz CT molecular complexity index is 625. The second-order valence-electron chi connectivity index (χ2n) is 4.95. The largest absolute Gasteiger partial charge is 0.339 e. The van der Waals surface area contributed by atoms with Crippen LogP contribution >= 0.6 is 27.5 Å². The standard InChI is InChI=1S/C13H15BrClNO3S/c1-20(18,19)10-4-6-16(7-5-10)13(17)11-8-9(14)2-3-12(11)15/h2-3,8,10H,4-7H2,1H3. The predicted octanol–water partition coefficient (Wildman–Crippen LogP) is 2.75. The van der Waals surface area contributed by atoms with Gasteiger partial charge in [0.25, 0.3) is 5.91 Å². The van der Waals surface area contributed by atoms with E-state index in [-0.39, 0.29) is 11.2 Å². The quantitative estimate of drug-likeness (QED) is 0.793. The molecular formula is C13H15BrClNO3S. The summed E-state index contributed by atoms with van der Waals surface area (Å²) < 4.78 is 23.8. The SMILES string of the molecule is CS(=O)(=O)C1CCN(C(=O)c2cc(Br)ccc2Cl)CC1. The van der Waals surface area contributed by atoms with Crippen LogP contribution in [0.5, 0.6) is 0 Å². The van der Waals surface area contributed by atoms with Crippen molar-refractivity contribution in [1.82, 2.24) is 4.90 Å². The number of rotatable bonds is 2. The molecule has 1 aliphatic heterocycles. The minimum atomic E-state index is -3.03. The molecule has 1 aliphatic rings. The molecule has 2 rings (SSSR count). The van der Waals surface area contributed by atoms with Crippen molar-refractivity contribution in [3.8, 4) is 0 Å². The van der Waals surface area contributed by atoms with Crippen molar-refractivity contribution >= 4 is 43.3 Å². The summed E-state index contributed by atoms with van der Waals surface area (Å²) in [5, 5.41) is 0.0629. The van der Waals surface area contributed by atoms with Gasteiger partial charge in [0.05, 0.1) is 15.8 Å². The lowest BCUT2D eigenvalue weighted by Gasteiger charge is -2.31. The average Bonchev–Trinajstić information content (AvgIpc) is 2.40. The molecule has 1 fully saturated rings. The smallest absolute Gasteiger partial charge is 0.255 e. The van der Waals surface area contributed by atoms with Gasteiger partial charge < -0.3 is 4.90 Å². The van der Waals surface area contributed by atoms with Gasteiger partial charge in [-0.3, -0.25) is 4.79 Å². The highest BCUT2D eigenvalue weighted by Crippen LogP contribution is 2.25. The summed E-state index contributed by atoms with van der Waals surface area (Å²) in [5.41, 5.74) is 0.443. The minimum absolute atomic E-state index is 0.150. The number of halogens is 2. The van der Waals surface area contributed by atoms with Crippen molar-refractivity contribution in [3.63, 3.8) is 0 Å². The van der Waals surface area contributed by atoms with Crippen LogP contribution in [0.15, 0.2) is 22.7 Å². The van der Waals surface area contributed by atoms with E-state index in [1.807, 2.05) is 0 Å². The Kier molecular flexibility index (Phi) is 4.76. The molecule has 0 unspecified atom stereocenters. The summed E-state index contributed by atoms with van der Waals surface area (Å²) in [6.45, 7) is 0.888. The van der Waals surface area contributed by atoms with E-state index in [0.717, 1.165) is 4.47 Å². The monoisotopic (exact) mass is 379 g/mol. The highest BCUT2D eigenvalue weighted by Gasteiger charge is 2.29. The van der Waals surface area contributed by atoms with E-state index < -0.39 is 9.84 Å². The lowest BCUT2D eigenvalue weighted by Crippen LogP contribution is -2.42. The summed E-state index contributed by atoms with van der Waals surface area (Å²) >= 11 is 9.36. The first kappa shape index (κ1) is 15.8. The molecule has 0 spiro atoms. The number of nitrogens with zero attached hydrogens (tertiary/aromatic N) is 1. The number of amides is 1. The van der Waals surface area contributed by atoms with E-state index in [1.165, 1.54) is 6.26 Å². The van der Waals surface area contributed by atoms with Gasteiger partial charge in [-0.25, -0.2) is 8.42 Å². The van der Waals surface area contributed by atoms with Gasteiger partial charge in [-0.15, -0.1) is 0 Å². The number of hydrogen-bond donors (Lipinski definition) is 0. The van der Waals surface area contributed by atoms with Gasteiger partial charge in [-0.05, 0) is 31.0 Å². The summed E-state index contributed by atoms with van der Waals surface area (Å²) in [5.74, 6) is -0.150. The van der Waals surface area contributed by atoms with Gasteiger partial charge in [0.2, 0.25) is 0 Å². The second kappa shape index (κ2) is 6.03. The second-order valence-corrected chi connectivity index (χ2v) is 8.59. The van der Waals surface area contributed by atoms with Crippen LogP contribution in [-0.2, 0) is 9.84 Å². The third kappa shape index (κ3) is 3.54. The maximum Gasteiger partial charge on any atom is 0.255 e. The predicted molar refractivity (Wildman–Crippen MR) is 82.9 cm³/mol. The molecule has 0 aromatic heterocycles. The third-order valence-electron chi connectivity index (χ3n) is 3.49. The maximum absolute atomic E-state index is 12.4. The van der Waals surface area contributed by atoms with Crippen molar-refractivity contribution in [2.45, 2.75) is 18.1 Å². The van der Waals surface area contributed by atoms with Crippen LogP contribution in [0.4, 0.5) is 0 Å². The number of likely N-dealkylation sites (tertiary alicyclic amines) is 1. The van der Waals surface area contributed by atoms with E-state index in [0.29, 0.717) is 36.5 Å². The van der Waals surface area contributed by atoms with Gasteiger partial charge in [0, 0.05) is 23.8 Å². The fraction of sp³-hybridized carbons (Fsp3) is 0.462. The van der Waals surface area contributed by atoms with Crippen molar-refractivity contribution in [1.29, 1.82) is 0 Å². The molecular weight excluding hydrogens is 366 g/mol. The highest BCUT2D eigenvalue weighted by atomic mass is 79.9. The first-order valence-electron chi connectivity index (χ1n) is 6.22. The molecule has 1 heterocycles. The van der Waals surface area contributed by atoms with E-state index in [4.69, 9.17) is 11.6 Å². The molecule has 0 N–H and O–H groups in total. The molecule has 1 amide bonds. The van der Waals surface area contributed by atoms with Crippen LogP contribution < -0.4 is 0 Å². The summed E-state index contributed by atoms with van der Waals surface area (Å²) in [7, 11) is -3.03. The van der Waals surface area contributed by atoms with E-state index in [1.54, 1.807) is 23.1 Å². The van der Waals surface area contributed by atoms with Crippen molar-refractivity contribution in [2.24, 2.45) is 0 Å². The topological polar surface area (TPSA) is 54.5 Å². The zero-order valence-corrected chi connectivity index (χ0v) is 14.1. The molecule has 7 heteroatoms. The molecule has 1 saturated heterocycles. The fourth-order valence-electron chi connectivity index (χ4n) is 2.32. The van der Waals surface area contributed by atoms with Crippen molar-refractivity contribution in [2.75, 3.05) is 19.3 Å². The van der Waals surface area contributed by atoms with E-state index >= 15 is 0 Å². The zero-order chi connectivity index (χ0) is 14.9. The van der Waals surface area contributed by atoms with Crippen LogP contribution in [0.1, 0.15) is 23.2 Å². The zero-order valence-electron chi connectivity index (χ0n) is 11.0. The van der Waals surface area contributed by atoms with Gasteiger partial charge in [0.15, 0.2) is 0 Å². The first-order chi connectivity index (χ1) is 9.29. The minimum Gasteiger partial charge on any atom is -0.339 e. The Balaban J connectivity index is 2.11. The Morgan fingerprint density at radius 2 is 1.95 bits per heavy atom. The third-order valence-corrected chi connectivity index (χ3v) is 6.00. The summed E-state index contributed by atoms with van der Waals surface area (Å²) in [6, 6.07) is 5.13. The Hall–Kier alpha value is -0.590. The number of carbonyl (C=O) groups excluding carboxylic acids is 1. The molecule has 1 aromatic carbocycles. The van der Waals surface area contributed by atoms with Crippen LogP contribution in [0.3, 0.4) is 0 Å². The van der Waals surface area contributed by atoms with Gasteiger partial charge in [0.1, 0.15) is 9.84 Å². The number of carbonyl (C=O) groups is 1. The number of hydrogen-bond acceptors (Lipinski definition) is 3. The van der Waals surface area contributed by atoms with Crippen LogP contribution in [0.25, 0.3) is 0 Å². The van der Waals surface area contributed by atoms with Crippen LogP contribution in [0.2, 0.25) is 5.02 Å². The lowest BCUT2D eigenvalue weighted by molar-refractivity contribution is 0.0726. The Labute approximate surface area is 132 Å². The normalized spacial score (nSPS) is 17.2. The van der Waals surface area contributed by atoms with Gasteiger partial charge >= 0.3 is 0 Å². The van der Waals surface area contributed by atoms with Crippen LogP contribution in [0, 0.1) is 0 Å².